The molecule has 1 aromatic heterocycles. The van der Waals surface area contributed by atoms with Crippen molar-refractivity contribution in [2.75, 3.05) is 13.2 Å². The fourth-order valence-corrected chi connectivity index (χ4v) is 1.61. The minimum atomic E-state index is -3.08. The molecule has 2 rings (SSSR count). The van der Waals surface area contributed by atoms with Crippen molar-refractivity contribution in [3.63, 3.8) is 0 Å². The lowest BCUT2D eigenvalue weighted by Crippen LogP contribution is -2.35. The second-order valence-electron chi connectivity index (χ2n) is 3.87. The third kappa shape index (κ3) is 2.81. The van der Waals surface area contributed by atoms with Gasteiger partial charge in [0, 0.05) is 17.5 Å². The highest BCUT2D eigenvalue weighted by Crippen LogP contribution is 2.20. The normalized spacial score (nSPS) is 12.2. The Morgan fingerprint density at radius 1 is 1.29 bits per heavy atom. The van der Waals surface area contributed by atoms with Crippen LogP contribution in [0.15, 0.2) is 34.9 Å². The molecule has 92 valence electrons. The summed E-state index contributed by atoms with van der Waals surface area (Å²) < 4.78 is 30.8. The molecule has 0 fully saturated rings. The Hall–Kier alpha value is -1.46. The molecule has 1 aromatic carbocycles. The number of para-hydroxylation sites is 1. The van der Waals surface area contributed by atoms with E-state index in [1.165, 1.54) is 0 Å². The van der Waals surface area contributed by atoms with Crippen LogP contribution in [0.5, 0.6) is 0 Å². The lowest BCUT2D eigenvalue weighted by molar-refractivity contribution is -0.0477. The number of halogens is 2. The number of furan rings is 1. The average Bonchev–Trinajstić information content (AvgIpc) is 2.73. The van der Waals surface area contributed by atoms with E-state index >= 15 is 0 Å². The van der Waals surface area contributed by atoms with Gasteiger partial charge in [-0.15, -0.1) is 0 Å². The molecule has 1 heterocycles. The molecule has 0 bridgehead atoms. The highest BCUT2D eigenvalue weighted by Gasteiger charge is 2.26. The Morgan fingerprint density at radius 2 is 2.06 bits per heavy atom. The van der Waals surface area contributed by atoms with Crippen LogP contribution in [0.3, 0.4) is 0 Å². The number of hydrogen-bond donors (Lipinski definition) is 2. The van der Waals surface area contributed by atoms with Crippen molar-refractivity contribution in [2.45, 2.75) is 12.5 Å². The Balaban J connectivity index is 2.00. The van der Waals surface area contributed by atoms with E-state index < -0.39 is 19.1 Å². The Labute approximate surface area is 97.0 Å². The first-order valence-corrected chi connectivity index (χ1v) is 5.27. The Bertz CT molecular complexity index is 496. The van der Waals surface area contributed by atoms with E-state index in [4.69, 9.17) is 9.52 Å². The molecule has 0 aliphatic rings. The van der Waals surface area contributed by atoms with Crippen LogP contribution in [0.25, 0.3) is 11.0 Å². The van der Waals surface area contributed by atoms with Gasteiger partial charge in [-0.3, -0.25) is 0 Å². The first kappa shape index (κ1) is 12.0. The maximum absolute atomic E-state index is 12.8. The summed E-state index contributed by atoms with van der Waals surface area (Å²) in [6.45, 7) is -1.41. The molecule has 0 radical (unpaired) electrons. The number of alkyl halides is 2. The molecule has 0 amide bonds. The second kappa shape index (κ2) is 4.81. The molecule has 2 aromatic rings. The van der Waals surface area contributed by atoms with Gasteiger partial charge < -0.3 is 14.8 Å². The molecule has 2 N–H and O–H groups in total. The highest BCUT2D eigenvalue weighted by molar-refractivity contribution is 5.80. The minimum absolute atomic E-state index is 0.284. The van der Waals surface area contributed by atoms with Gasteiger partial charge in [-0.05, 0) is 6.07 Å². The van der Waals surface area contributed by atoms with E-state index in [1.54, 1.807) is 6.26 Å². The molecule has 0 unspecified atom stereocenters. The van der Waals surface area contributed by atoms with Crippen LogP contribution in [-0.4, -0.2) is 24.2 Å². The zero-order chi connectivity index (χ0) is 12.3. The lowest BCUT2D eigenvalue weighted by Gasteiger charge is -2.13. The van der Waals surface area contributed by atoms with Crippen LogP contribution in [0.1, 0.15) is 5.56 Å². The van der Waals surface area contributed by atoms with Crippen LogP contribution in [-0.2, 0) is 6.54 Å². The lowest BCUT2D eigenvalue weighted by atomic mass is 10.2. The summed E-state index contributed by atoms with van der Waals surface area (Å²) in [5.74, 6) is -3.08. The number of rotatable bonds is 5. The SMILES string of the molecule is OCC(F)(F)CNCc1coc2ccccc12. The maximum Gasteiger partial charge on any atom is 0.282 e. The van der Waals surface area contributed by atoms with E-state index in [1.807, 2.05) is 24.3 Å². The van der Waals surface area contributed by atoms with Crippen molar-refractivity contribution >= 4 is 11.0 Å². The van der Waals surface area contributed by atoms with E-state index in [-0.39, 0.29) is 6.54 Å². The van der Waals surface area contributed by atoms with E-state index in [0.717, 1.165) is 16.5 Å². The molecular formula is C12H13F2NO2. The Morgan fingerprint density at radius 3 is 2.82 bits per heavy atom. The summed E-state index contributed by atoms with van der Waals surface area (Å²) in [5, 5.41) is 11.9. The quantitative estimate of drug-likeness (QED) is 0.843. The van der Waals surface area contributed by atoms with Gasteiger partial charge >= 0.3 is 0 Å². The first-order chi connectivity index (χ1) is 8.12. The van der Waals surface area contributed by atoms with Crippen LogP contribution < -0.4 is 5.32 Å². The van der Waals surface area contributed by atoms with Gasteiger partial charge in [0.25, 0.3) is 5.92 Å². The highest BCUT2D eigenvalue weighted by atomic mass is 19.3. The average molecular weight is 241 g/mol. The predicted octanol–water partition coefficient (Wildman–Crippen LogP) is 2.15. The summed E-state index contributed by atoms with van der Waals surface area (Å²) in [7, 11) is 0. The number of fused-ring (bicyclic) bond motifs is 1. The van der Waals surface area contributed by atoms with E-state index in [0.29, 0.717) is 0 Å². The largest absolute Gasteiger partial charge is 0.464 e. The molecule has 0 atom stereocenters. The molecule has 0 saturated carbocycles. The summed E-state index contributed by atoms with van der Waals surface area (Å²) in [6.07, 6.45) is 1.55. The molecule has 0 spiro atoms. The smallest absolute Gasteiger partial charge is 0.282 e. The monoisotopic (exact) mass is 241 g/mol. The van der Waals surface area contributed by atoms with Crippen molar-refractivity contribution in [3.05, 3.63) is 36.1 Å². The molecule has 0 aliphatic carbocycles. The van der Waals surface area contributed by atoms with E-state index in [2.05, 4.69) is 5.32 Å². The molecule has 0 saturated heterocycles. The van der Waals surface area contributed by atoms with Gasteiger partial charge in [0.05, 0.1) is 12.8 Å². The topological polar surface area (TPSA) is 45.4 Å². The standard InChI is InChI=1S/C12H13F2NO2/c13-12(14,8-16)7-15-5-9-6-17-11-4-2-1-3-10(9)11/h1-4,6,15-16H,5,7-8H2. The maximum atomic E-state index is 12.8. The third-order valence-corrected chi connectivity index (χ3v) is 2.49. The van der Waals surface area contributed by atoms with Gasteiger partial charge in [0.2, 0.25) is 0 Å². The summed E-state index contributed by atoms with van der Waals surface area (Å²) in [6, 6.07) is 7.41. The first-order valence-electron chi connectivity index (χ1n) is 5.27. The predicted molar refractivity (Wildman–Crippen MR) is 60.0 cm³/mol. The molecule has 0 aliphatic heterocycles. The zero-order valence-electron chi connectivity index (χ0n) is 9.12. The fraction of sp³-hybridized carbons (Fsp3) is 0.333. The van der Waals surface area contributed by atoms with Crippen LogP contribution in [0, 0.1) is 0 Å². The van der Waals surface area contributed by atoms with Crippen LogP contribution >= 0.6 is 0 Å². The van der Waals surface area contributed by atoms with Crippen molar-refractivity contribution in [1.82, 2.24) is 5.32 Å². The third-order valence-electron chi connectivity index (χ3n) is 2.49. The van der Waals surface area contributed by atoms with Gasteiger partial charge in [-0.25, -0.2) is 8.78 Å². The van der Waals surface area contributed by atoms with Gasteiger partial charge in [0.15, 0.2) is 0 Å². The molecule has 3 nitrogen and oxygen atoms in total. The molecule has 17 heavy (non-hydrogen) atoms. The van der Waals surface area contributed by atoms with Crippen molar-refractivity contribution < 1.29 is 18.3 Å². The number of nitrogens with one attached hydrogen (secondary N) is 1. The fourth-order valence-electron chi connectivity index (χ4n) is 1.61. The molecular weight excluding hydrogens is 228 g/mol. The molecule has 5 heteroatoms. The number of aliphatic hydroxyl groups is 1. The van der Waals surface area contributed by atoms with Crippen molar-refractivity contribution in [1.29, 1.82) is 0 Å². The summed E-state index contributed by atoms with van der Waals surface area (Å²) in [4.78, 5) is 0. The summed E-state index contributed by atoms with van der Waals surface area (Å²) in [5.41, 5.74) is 1.56. The number of hydrogen-bond acceptors (Lipinski definition) is 3. The van der Waals surface area contributed by atoms with Crippen molar-refractivity contribution in [3.8, 4) is 0 Å². The van der Waals surface area contributed by atoms with Crippen molar-refractivity contribution in [2.24, 2.45) is 0 Å². The number of aliphatic hydroxyl groups excluding tert-OH is 1. The van der Waals surface area contributed by atoms with Gasteiger partial charge in [0.1, 0.15) is 12.2 Å². The zero-order valence-corrected chi connectivity index (χ0v) is 9.12. The second-order valence-corrected chi connectivity index (χ2v) is 3.87. The van der Waals surface area contributed by atoms with Gasteiger partial charge in [-0.2, -0.15) is 0 Å². The van der Waals surface area contributed by atoms with Crippen LogP contribution in [0.4, 0.5) is 8.78 Å². The minimum Gasteiger partial charge on any atom is -0.464 e. The van der Waals surface area contributed by atoms with Crippen LogP contribution in [0.2, 0.25) is 0 Å². The summed E-state index contributed by atoms with van der Waals surface area (Å²) >= 11 is 0. The van der Waals surface area contributed by atoms with Gasteiger partial charge in [-0.1, -0.05) is 18.2 Å². The Kier molecular flexibility index (Phi) is 3.40. The van der Waals surface area contributed by atoms with E-state index in [9.17, 15) is 8.78 Å². The number of benzene rings is 1.